The molecule has 2 rings (SSSR count). The molecule has 2 aromatic rings. The summed E-state index contributed by atoms with van der Waals surface area (Å²) >= 11 is 9.99. The van der Waals surface area contributed by atoms with Gasteiger partial charge in [0.15, 0.2) is 5.06 Å². The summed E-state index contributed by atoms with van der Waals surface area (Å²) in [5.41, 5.74) is 0. The summed E-state index contributed by atoms with van der Waals surface area (Å²) in [6.45, 7) is 2.68. The maximum absolute atomic E-state index is 6.13. The van der Waals surface area contributed by atoms with Crippen molar-refractivity contribution < 1.29 is 4.74 Å². The molecule has 0 radical (unpaired) electrons. The Morgan fingerprint density at radius 1 is 1.43 bits per heavy atom. The van der Waals surface area contributed by atoms with E-state index < -0.39 is 0 Å². The zero-order chi connectivity index (χ0) is 10.1. The predicted molar refractivity (Wildman–Crippen MR) is 70.7 cm³/mol. The van der Waals surface area contributed by atoms with E-state index in [1.165, 1.54) is 0 Å². The van der Waals surface area contributed by atoms with Crippen LogP contribution in [0.1, 0.15) is 6.92 Å². The maximum Gasteiger partial charge on any atom is 0.174 e. The standard InChI is InChI=1S/C10H8ClIOS/c1-2-13-9-4-6-3-7(12)5-8(11)10(6)14-9/h3-5H,2H2,1H3. The number of hydrogen-bond acceptors (Lipinski definition) is 2. The smallest absolute Gasteiger partial charge is 0.174 e. The topological polar surface area (TPSA) is 9.23 Å². The molecule has 0 aliphatic heterocycles. The number of fused-ring (bicyclic) bond motifs is 1. The van der Waals surface area contributed by atoms with Crippen molar-refractivity contribution in [2.75, 3.05) is 6.61 Å². The molecule has 0 N–H and O–H groups in total. The van der Waals surface area contributed by atoms with Gasteiger partial charge in [-0.3, -0.25) is 0 Å². The summed E-state index contributed by atoms with van der Waals surface area (Å²) in [6.07, 6.45) is 0. The molecular formula is C10H8ClIOS. The number of halogens is 2. The van der Waals surface area contributed by atoms with Crippen LogP contribution in [0.25, 0.3) is 10.1 Å². The number of rotatable bonds is 2. The molecule has 0 spiro atoms. The van der Waals surface area contributed by atoms with Crippen LogP contribution in [-0.2, 0) is 0 Å². The fourth-order valence-electron chi connectivity index (χ4n) is 1.27. The molecular weight excluding hydrogens is 331 g/mol. The van der Waals surface area contributed by atoms with Gasteiger partial charge in [-0.25, -0.2) is 0 Å². The van der Waals surface area contributed by atoms with Crippen LogP contribution in [0.5, 0.6) is 5.06 Å². The Labute approximate surface area is 105 Å². The third-order valence-corrected chi connectivity index (χ3v) is 3.93. The highest BCUT2D eigenvalue weighted by atomic mass is 127. The lowest BCUT2D eigenvalue weighted by Gasteiger charge is -1.94. The molecule has 0 atom stereocenters. The summed E-state index contributed by atoms with van der Waals surface area (Å²) in [5.74, 6) is 0. The van der Waals surface area contributed by atoms with Crippen LogP contribution in [0.2, 0.25) is 5.02 Å². The summed E-state index contributed by atoms with van der Waals surface area (Å²) < 4.78 is 7.70. The first-order valence-corrected chi connectivity index (χ1v) is 6.49. The molecule has 4 heteroatoms. The second-order valence-electron chi connectivity index (χ2n) is 2.80. The Hall–Kier alpha value is -0.000000000000000139. The lowest BCUT2D eigenvalue weighted by molar-refractivity contribution is 0.350. The van der Waals surface area contributed by atoms with Gasteiger partial charge in [0.05, 0.1) is 16.3 Å². The Balaban J connectivity index is 2.58. The molecule has 0 fully saturated rings. The van der Waals surface area contributed by atoms with Gasteiger partial charge in [-0.05, 0) is 53.1 Å². The Kier molecular flexibility index (Phi) is 3.19. The first-order chi connectivity index (χ1) is 6.70. The Morgan fingerprint density at radius 3 is 2.93 bits per heavy atom. The molecule has 74 valence electrons. The van der Waals surface area contributed by atoms with E-state index in [-0.39, 0.29) is 0 Å². The van der Waals surface area contributed by atoms with Crippen molar-refractivity contribution in [3.05, 3.63) is 26.8 Å². The molecule has 0 unspecified atom stereocenters. The van der Waals surface area contributed by atoms with Crippen LogP contribution in [0, 0.1) is 3.57 Å². The van der Waals surface area contributed by atoms with Crippen molar-refractivity contribution in [2.45, 2.75) is 6.92 Å². The van der Waals surface area contributed by atoms with Crippen molar-refractivity contribution in [2.24, 2.45) is 0 Å². The minimum atomic E-state index is 0.696. The van der Waals surface area contributed by atoms with Gasteiger partial charge in [0.25, 0.3) is 0 Å². The fourth-order valence-corrected chi connectivity index (χ4v) is 3.39. The monoisotopic (exact) mass is 338 g/mol. The van der Waals surface area contributed by atoms with E-state index in [0.717, 1.165) is 23.7 Å². The molecule has 0 bridgehead atoms. The molecule has 1 nitrogen and oxygen atoms in total. The number of thiophene rings is 1. The molecule has 0 saturated heterocycles. The lowest BCUT2D eigenvalue weighted by atomic mass is 10.3. The van der Waals surface area contributed by atoms with E-state index in [1.54, 1.807) is 11.3 Å². The summed E-state index contributed by atoms with van der Waals surface area (Å²) in [6, 6.07) is 6.12. The zero-order valence-corrected chi connectivity index (χ0v) is 11.2. The van der Waals surface area contributed by atoms with Crippen molar-refractivity contribution in [1.82, 2.24) is 0 Å². The highest BCUT2D eigenvalue weighted by Gasteiger charge is 2.06. The van der Waals surface area contributed by atoms with Gasteiger partial charge in [0, 0.05) is 3.57 Å². The lowest BCUT2D eigenvalue weighted by Crippen LogP contribution is -1.86. The molecule has 1 aromatic carbocycles. The predicted octanol–water partition coefficient (Wildman–Crippen LogP) is 4.56. The largest absolute Gasteiger partial charge is 0.484 e. The molecule has 0 saturated carbocycles. The van der Waals surface area contributed by atoms with Crippen LogP contribution in [-0.4, -0.2) is 6.61 Å². The quantitative estimate of drug-likeness (QED) is 0.730. The van der Waals surface area contributed by atoms with E-state index in [1.807, 2.05) is 19.1 Å². The average molecular weight is 339 g/mol. The molecule has 14 heavy (non-hydrogen) atoms. The first kappa shape index (κ1) is 10.5. The highest BCUT2D eigenvalue weighted by Crippen LogP contribution is 2.37. The third-order valence-electron chi connectivity index (χ3n) is 1.80. The van der Waals surface area contributed by atoms with E-state index in [9.17, 15) is 0 Å². The van der Waals surface area contributed by atoms with Gasteiger partial charge in [0.2, 0.25) is 0 Å². The van der Waals surface area contributed by atoms with Crippen LogP contribution < -0.4 is 4.74 Å². The number of ether oxygens (including phenoxy) is 1. The van der Waals surface area contributed by atoms with Crippen molar-refractivity contribution in [3.8, 4) is 5.06 Å². The third kappa shape index (κ3) is 1.99. The van der Waals surface area contributed by atoms with Gasteiger partial charge < -0.3 is 4.74 Å². The van der Waals surface area contributed by atoms with E-state index in [4.69, 9.17) is 16.3 Å². The van der Waals surface area contributed by atoms with Gasteiger partial charge in [-0.2, -0.15) is 0 Å². The summed E-state index contributed by atoms with van der Waals surface area (Å²) in [5, 5.41) is 2.91. The van der Waals surface area contributed by atoms with Gasteiger partial charge in [-0.1, -0.05) is 22.9 Å². The average Bonchev–Trinajstić information content (AvgIpc) is 2.48. The Morgan fingerprint density at radius 2 is 2.21 bits per heavy atom. The minimum absolute atomic E-state index is 0.696. The van der Waals surface area contributed by atoms with Gasteiger partial charge in [-0.15, -0.1) is 0 Å². The van der Waals surface area contributed by atoms with Crippen LogP contribution >= 0.6 is 45.5 Å². The van der Waals surface area contributed by atoms with Crippen LogP contribution in [0.4, 0.5) is 0 Å². The fraction of sp³-hybridized carbons (Fsp3) is 0.200. The van der Waals surface area contributed by atoms with E-state index >= 15 is 0 Å². The normalized spacial score (nSPS) is 10.8. The van der Waals surface area contributed by atoms with Crippen molar-refractivity contribution >= 4 is 55.6 Å². The van der Waals surface area contributed by atoms with Crippen molar-refractivity contribution in [1.29, 1.82) is 0 Å². The molecule has 0 aliphatic rings. The first-order valence-electron chi connectivity index (χ1n) is 4.22. The Bertz CT molecular complexity index is 466. The minimum Gasteiger partial charge on any atom is -0.484 e. The SMILES string of the molecule is CCOc1cc2cc(I)cc(Cl)c2s1. The second-order valence-corrected chi connectivity index (χ2v) is 5.47. The number of benzene rings is 1. The molecule has 0 aliphatic carbocycles. The van der Waals surface area contributed by atoms with E-state index in [0.29, 0.717) is 6.61 Å². The summed E-state index contributed by atoms with van der Waals surface area (Å²) in [7, 11) is 0. The van der Waals surface area contributed by atoms with Crippen LogP contribution in [0.3, 0.4) is 0 Å². The number of hydrogen-bond donors (Lipinski definition) is 0. The molecule has 1 heterocycles. The molecule has 0 amide bonds. The highest BCUT2D eigenvalue weighted by molar-refractivity contribution is 14.1. The molecule has 1 aromatic heterocycles. The summed E-state index contributed by atoms with van der Waals surface area (Å²) in [4.78, 5) is 0. The second kappa shape index (κ2) is 4.24. The van der Waals surface area contributed by atoms with Gasteiger partial charge in [0.1, 0.15) is 0 Å². The van der Waals surface area contributed by atoms with Crippen LogP contribution in [0.15, 0.2) is 18.2 Å². The maximum atomic E-state index is 6.13. The van der Waals surface area contributed by atoms with E-state index in [2.05, 4.69) is 28.7 Å². The zero-order valence-electron chi connectivity index (χ0n) is 7.51. The van der Waals surface area contributed by atoms with Gasteiger partial charge >= 0.3 is 0 Å². The van der Waals surface area contributed by atoms with Crippen molar-refractivity contribution in [3.63, 3.8) is 0 Å².